The summed E-state index contributed by atoms with van der Waals surface area (Å²) in [5, 5.41) is 0. The molecule has 0 atom stereocenters. The molecule has 2 aromatic rings. The quantitative estimate of drug-likeness (QED) is 0.819. The van der Waals surface area contributed by atoms with E-state index in [1.165, 1.54) is 11.1 Å². The number of carbonyl (C=O) groups excluding carboxylic acids is 2. The Labute approximate surface area is 112 Å². The lowest BCUT2D eigenvalue weighted by molar-refractivity contribution is -0.125. The van der Waals surface area contributed by atoms with Gasteiger partial charge in [-0.1, -0.05) is 60.7 Å². The molecule has 0 aromatic heterocycles. The van der Waals surface area contributed by atoms with Gasteiger partial charge < -0.3 is 11.5 Å². The molecule has 2 rings (SSSR count). The fourth-order valence-electron chi connectivity index (χ4n) is 1.43. The number of primary amides is 2. The minimum atomic E-state index is -0.687. The maximum Gasteiger partial charge on any atom is 0.226 e. The molecule has 0 saturated heterocycles. The second-order valence-electron chi connectivity index (χ2n) is 3.84. The number of hydrogen-bond donors (Lipinski definition) is 2. The van der Waals surface area contributed by atoms with Gasteiger partial charge in [0.25, 0.3) is 0 Å². The van der Waals surface area contributed by atoms with Crippen molar-refractivity contribution in [2.45, 2.75) is 6.42 Å². The molecule has 0 radical (unpaired) electrons. The van der Waals surface area contributed by atoms with E-state index in [1.807, 2.05) is 12.1 Å². The smallest absolute Gasteiger partial charge is 0.226 e. The molecule has 4 nitrogen and oxygen atoms in total. The van der Waals surface area contributed by atoms with Crippen molar-refractivity contribution in [3.8, 4) is 11.1 Å². The van der Waals surface area contributed by atoms with Gasteiger partial charge in [-0.3, -0.25) is 9.59 Å². The summed E-state index contributed by atoms with van der Waals surface area (Å²) < 4.78 is 0. The lowest BCUT2D eigenvalue weighted by atomic mass is 10.1. The van der Waals surface area contributed by atoms with Crippen LogP contribution in [0, 0.1) is 0 Å². The zero-order chi connectivity index (χ0) is 14.1. The number of carbonyl (C=O) groups is 2. The fourth-order valence-corrected chi connectivity index (χ4v) is 1.43. The van der Waals surface area contributed by atoms with Gasteiger partial charge in [-0.2, -0.15) is 0 Å². The second kappa shape index (κ2) is 7.66. The molecule has 2 aromatic carbocycles. The van der Waals surface area contributed by atoms with Crippen LogP contribution in [-0.4, -0.2) is 11.8 Å². The van der Waals surface area contributed by atoms with Gasteiger partial charge >= 0.3 is 0 Å². The number of benzene rings is 2. The largest absolute Gasteiger partial charge is 0.369 e. The van der Waals surface area contributed by atoms with Crippen LogP contribution < -0.4 is 11.5 Å². The average molecular weight is 256 g/mol. The minimum Gasteiger partial charge on any atom is -0.369 e. The molecule has 0 aliphatic rings. The maximum atomic E-state index is 9.73. The normalized spacial score (nSPS) is 9.05. The molecule has 19 heavy (non-hydrogen) atoms. The lowest BCUT2D eigenvalue weighted by Gasteiger charge is -1.98. The first kappa shape index (κ1) is 14.4. The van der Waals surface area contributed by atoms with Gasteiger partial charge in [0.05, 0.1) is 0 Å². The Morgan fingerprint density at radius 2 is 1.00 bits per heavy atom. The summed E-state index contributed by atoms with van der Waals surface area (Å²) in [5.74, 6) is -1.37. The average Bonchev–Trinajstić information content (AvgIpc) is 2.40. The molecular formula is C15H16N2O2. The zero-order valence-corrected chi connectivity index (χ0v) is 10.5. The van der Waals surface area contributed by atoms with Crippen LogP contribution in [0.1, 0.15) is 6.42 Å². The summed E-state index contributed by atoms with van der Waals surface area (Å²) in [5.41, 5.74) is 11.7. The van der Waals surface area contributed by atoms with Gasteiger partial charge in [0.2, 0.25) is 11.8 Å². The number of amides is 2. The van der Waals surface area contributed by atoms with Crippen LogP contribution in [0.2, 0.25) is 0 Å². The first-order valence-corrected chi connectivity index (χ1v) is 5.76. The summed E-state index contributed by atoms with van der Waals surface area (Å²) in [6, 6.07) is 20.8. The Morgan fingerprint density at radius 3 is 1.21 bits per heavy atom. The van der Waals surface area contributed by atoms with Crippen LogP contribution in [0.15, 0.2) is 60.7 Å². The summed E-state index contributed by atoms with van der Waals surface area (Å²) in [6.45, 7) is 0. The number of hydrogen-bond acceptors (Lipinski definition) is 2. The predicted octanol–water partition coefficient (Wildman–Crippen LogP) is 1.70. The molecular weight excluding hydrogens is 240 g/mol. The molecule has 0 aliphatic heterocycles. The van der Waals surface area contributed by atoms with Gasteiger partial charge in [0.1, 0.15) is 6.42 Å². The van der Waals surface area contributed by atoms with Gasteiger partial charge in [0.15, 0.2) is 0 Å². The van der Waals surface area contributed by atoms with Crippen molar-refractivity contribution in [1.82, 2.24) is 0 Å². The third-order valence-electron chi connectivity index (χ3n) is 2.23. The molecule has 0 aliphatic carbocycles. The molecule has 0 unspecified atom stereocenters. The first-order chi connectivity index (χ1) is 9.09. The Morgan fingerprint density at radius 1 is 0.684 bits per heavy atom. The van der Waals surface area contributed by atoms with E-state index in [1.54, 1.807) is 0 Å². The predicted molar refractivity (Wildman–Crippen MR) is 74.9 cm³/mol. The van der Waals surface area contributed by atoms with Gasteiger partial charge in [-0.05, 0) is 11.1 Å². The van der Waals surface area contributed by atoms with Crippen LogP contribution in [-0.2, 0) is 9.59 Å². The van der Waals surface area contributed by atoms with Crippen LogP contribution in [0.5, 0.6) is 0 Å². The van der Waals surface area contributed by atoms with E-state index in [2.05, 4.69) is 60.0 Å². The summed E-state index contributed by atoms with van der Waals surface area (Å²) in [4.78, 5) is 19.5. The topological polar surface area (TPSA) is 86.2 Å². The molecule has 0 heterocycles. The van der Waals surface area contributed by atoms with E-state index in [-0.39, 0.29) is 6.42 Å². The Hall–Kier alpha value is -2.62. The molecule has 0 spiro atoms. The minimum absolute atomic E-state index is 0.361. The number of nitrogens with two attached hydrogens (primary N) is 2. The number of rotatable bonds is 3. The Kier molecular flexibility index (Phi) is 5.82. The van der Waals surface area contributed by atoms with E-state index in [0.717, 1.165) is 0 Å². The first-order valence-electron chi connectivity index (χ1n) is 5.76. The van der Waals surface area contributed by atoms with Crippen molar-refractivity contribution in [3.63, 3.8) is 0 Å². The monoisotopic (exact) mass is 256 g/mol. The van der Waals surface area contributed by atoms with Crippen LogP contribution in [0.4, 0.5) is 0 Å². The van der Waals surface area contributed by atoms with Crippen molar-refractivity contribution in [3.05, 3.63) is 60.7 Å². The van der Waals surface area contributed by atoms with Crippen molar-refractivity contribution in [2.24, 2.45) is 11.5 Å². The Bertz CT molecular complexity index is 475. The van der Waals surface area contributed by atoms with Crippen molar-refractivity contribution in [1.29, 1.82) is 0 Å². The molecule has 98 valence electrons. The van der Waals surface area contributed by atoms with Gasteiger partial charge in [-0.15, -0.1) is 0 Å². The highest BCUT2D eigenvalue weighted by molar-refractivity contribution is 5.95. The van der Waals surface area contributed by atoms with Gasteiger partial charge in [0, 0.05) is 0 Å². The van der Waals surface area contributed by atoms with Crippen molar-refractivity contribution >= 4 is 11.8 Å². The fraction of sp³-hybridized carbons (Fsp3) is 0.0667. The molecule has 2 amide bonds. The highest BCUT2D eigenvalue weighted by Gasteiger charge is 1.96. The van der Waals surface area contributed by atoms with E-state index >= 15 is 0 Å². The third kappa shape index (κ3) is 6.02. The lowest BCUT2D eigenvalue weighted by Crippen LogP contribution is -2.21. The van der Waals surface area contributed by atoms with E-state index in [4.69, 9.17) is 0 Å². The third-order valence-corrected chi connectivity index (χ3v) is 2.23. The van der Waals surface area contributed by atoms with E-state index in [0.29, 0.717) is 0 Å². The molecule has 0 fully saturated rings. The molecule has 0 bridgehead atoms. The van der Waals surface area contributed by atoms with Crippen molar-refractivity contribution < 1.29 is 9.59 Å². The SMILES string of the molecule is NC(=O)CC(N)=O.c1ccc(-c2ccccc2)cc1. The van der Waals surface area contributed by atoms with Crippen LogP contribution in [0.3, 0.4) is 0 Å². The van der Waals surface area contributed by atoms with E-state index in [9.17, 15) is 9.59 Å². The zero-order valence-electron chi connectivity index (χ0n) is 10.5. The summed E-state index contributed by atoms with van der Waals surface area (Å²) in [7, 11) is 0. The Balaban J connectivity index is 0.000000224. The second-order valence-corrected chi connectivity index (χ2v) is 3.84. The summed E-state index contributed by atoms with van der Waals surface area (Å²) >= 11 is 0. The molecule has 4 heteroatoms. The maximum absolute atomic E-state index is 9.73. The van der Waals surface area contributed by atoms with Crippen LogP contribution in [0.25, 0.3) is 11.1 Å². The van der Waals surface area contributed by atoms with E-state index < -0.39 is 11.8 Å². The highest BCUT2D eigenvalue weighted by Crippen LogP contribution is 2.17. The summed E-state index contributed by atoms with van der Waals surface area (Å²) in [6.07, 6.45) is -0.361. The van der Waals surface area contributed by atoms with Gasteiger partial charge in [-0.25, -0.2) is 0 Å². The standard InChI is InChI=1S/C12H10.C3H6N2O2/c1-3-7-11(8-4-1)12-9-5-2-6-10-12;4-2(6)1-3(5)7/h1-10H;1H2,(H2,4,6)(H2,5,7). The van der Waals surface area contributed by atoms with Crippen LogP contribution >= 0.6 is 0 Å². The highest BCUT2D eigenvalue weighted by atomic mass is 16.2. The molecule has 0 saturated carbocycles. The van der Waals surface area contributed by atoms with Crippen molar-refractivity contribution in [2.75, 3.05) is 0 Å². The molecule has 4 N–H and O–H groups in total.